The van der Waals surface area contributed by atoms with E-state index < -0.39 is 0 Å². The van der Waals surface area contributed by atoms with Crippen LogP contribution in [0.2, 0.25) is 0 Å². The molecule has 3 nitrogen and oxygen atoms in total. The highest BCUT2D eigenvalue weighted by Crippen LogP contribution is 2.35. The molecule has 1 aliphatic carbocycles. The van der Waals surface area contributed by atoms with Crippen LogP contribution in [0.1, 0.15) is 46.0 Å². The number of aliphatic hydroxyl groups is 1. The highest BCUT2D eigenvalue weighted by molar-refractivity contribution is 4.94. The summed E-state index contributed by atoms with van der Waals surface area (Å²) in [7, 11) is 4.38. The van der Waals surface area contributed by atoms with Gasteiger partial charge in [0.2, 0.25) is 0 Å². The molecule has 3 atom stereocenters. The van der Waals surface area contributed by atoms with Crippen molar-refractivity contribution in [3.05, 3.63) is 0 Å². The fourth-order valence-corrected chi connectivity index (χ4v) is 2.97. The smallest absolute Gasteiger partial charge is 0.0662 e. The Morgan fingerprint density at radius 1 is 1.47 bits per heavy atom. The fourth-order valence-electron chi connectivity index (χ4n) is 2.97. The van der Waals surface area contributed by atoms with Crippen LogP contribution in [0.5, 0.6) is 0 Å². The minimum atomic E-state index is -0.199. The van der Waals surface area contributed by atoms with Gasteiger partial charge in [-0.2, -0.15) is 0 Å². The first-order valence-electron chi connectivity index (χ1n) is 7.06. The van der Waals surface area contributed by atoms with Crippen molar-refractivity contribution in [3.8, 4) is 0 Å². The van der Waals surface area contributed by atoms with E-state index in [1.54, 1.807) is 0 Å². The predicted octanol–water partition coefficient (Wildman–Crippen LogP) is 1.86. The summed E-state index contributed by atoms with van der Waals surface area (Å²) in [6.07, 6.45) is 5.88. The Labute approximate surface area is 107 Å². The van der Waals surface area contributed by atoms with E-state index in [4.69, 9.17) is 0 Å². The lowest BCUT2D eigenvalue weighted by Gasteiger charge is -2.45. The van der Waals surface area contributed by atoms with Crippen molar-refractivity contribution < 1.29 is 5.11 Å². The summed E-state index contributed by atoms with van der Waals surface area (Å²) in [6, 6.07) is 0. The maximum Gasteiger partial charge on any atom is 0.0662 e. The van der Waals surface area contributed by atoms with Crippen LogP contribution in [0.4, 0.5) is 0 Å². The summed E-state index contributed by atoms with van der Waals surface area (Å²) in [6.45, 7) is 6.11. The van der Waals surface area contributed by atoms with Crippen LogP contribution in [0.15, 0.2) is 0 Å². The van der Waals surface area contributed by atoms with Crippen molar-refractivity contribution in [1.29, 1.82) is 0 Å². The quantitative estimate of drug-likeness (QED) is 0.746. The normalized spacial score (nSPS) is 31.8. The van der Waals surface area contributed by atoms with E-state index in [-0.39, 0.29) is 6.10 Å². The first-order chi connectivity index (χ1) is 8.00. The minimum Gasteiger partial charge on any atom is -0.392 e. The lowest BCUT2D eigenvalue weighted by Crippen LogP contribution is -2.54. The third-order valence-corrected chi connectivity index (χ3v) is 4.32. The topological polar surface area (TPSA) is 35.5 Å². The Bertz CT molecular complexity index is 220. The van der Waals surface area contributed by atoms with Gasteiger partial charge >= 0.3 is 0 Å². The van der Waals surface area contributed by atoms with E-state index in [1.165, 1.54) is 25.7 Å². The summed E-state index contributed by atoms with van der Waals surface area (Å²) >= 11 is 0. The molecule has 3 heteroatoms. The van der Waals surface area contributed by atoms with E-state index >= 15 is 0 Å². The van der Waals surface area contributed by atoms with Gasteiger partial charge in [0.05, 0.1) is 6.10 Å². The number of hydrogen-bond acceptors (Lipinski definition) is 3. The average Bonchev–Trinajstić information content (AvgIpc) is 2.28. The molecule has 0 bridgehead atoms. The summed E-state index contributed by atoms with van der Waals surface area (Å²) in [5, 5.41) is 13.0. The monoisotopic (exact) mass is 242 g/mol. The third kappa shape index (κ3) is 4.23. The molecule has 0 spiro atoms. The Morgan fingerprint density at radius 3 is 2.71 bits per heavy atom. The molecule has 0 amide bonds. The summed E-state index contributed by atoms with van der Waals surface area (Å²) in [5.41, 5.74) is 0.297. The van der Waals surface area contributed by atoms with Gasteiger partial charge < -0.3 is 15.3 Å². The zero-order valence-corrected chi connectivity index (χ0v) is 12.0. The second-order valence-corrected chi connectivity index (χ2v) is 6.01. The van der Waals surface area contributed by atoms with Gasteiger partial charge in [-0.05, 0) is 39.3 Å². The number of hydrogen-bond donors (Lipinski definition) is 2. The van der Waals surface area contributed by atoms with Crippen LogP contribution in [-0.2, 0) is 0 Å². The second-order valence-electron chi connectivity index (χ2n) is 6.01. The van der Waals surface area contributed by atoms with Crippen LogP contribution < -0.4 is 5.32 Å². The molecule has 0 aromatic heterocycles. The average molecular weight is 242 g/mol. The molecule has 1 fully saturated rings. The van der Waals surface area contributed by atoms with Gasteiger partial charge in [0, 0.05) is 18.6 Å². The van der Waals surface area contributed by atoms with Crippen molar-refractivity contribution in [2.45, 2.75) is 57.6 Å². The van der Waals surface area contributed by atoms with E-state index in [2.05, 4.69) is 31.2 Å². The molecule has 0 aliphatic heterocycles. The zero-order valence-electron chi connectivity index (χ0n) is 12.0. The molecule has 0 heterocycles. The second kappa shape index (κ2) is 6.72. The third-order valence-electron chi connectivity index (χ3n) is 4.32. The Morgan fingerprint density at radius 2 is 2.18 bits per heavy atom. The van der Waals surface area contributed by atoms with Gasteiger partial charge in [-0.25, -0.2) is 0 Å². The summed E-state index contributed by atoms with van der Waals surface area (Å²) in [5.74, 6) is 0.823. The van der Waals surface area contributed by atoms with Crippen molar-refractivity contribution in [2.75, 3.05) is 27.2 Å². The lowest BCUT2D eigenvalue weighted by molar-refractivity contribution is 0.0699. The maximum atomic E-state index is 9.59. The largest absolute Gasteiger partial charge is 0.392 e. The number of nitrogens with zero attached hydrogens (tertiary/aromatic N) is 1. The molecule has 1 saturated carbocycles. The maximum absolute atomic E-state index is 9.59. The van der Waals surface area contributed by atoms with Gasteiger partial charge in [0.15, 0.2) is 0 Å². The molecule has 0 aromatic carbocycles. The first-order valence-corrected chi connectivity index (χ1v) is 7.06. The van der Waals surface area contributed by atoms with Crippen LogP contribution in [-0.4, -0.2) is 48.8 Å². The van der Waals surface area contributed by atoms with E-state index in [9.17, 15) is 5.11 Å². The summed E-state index contributed by atoms with van der Waals surface area (Å²) < 4.78 is 0. The van der Waals surface area contributed by atoms with E-state index in [1.807, 2.05) is 6.92 Å². The van der Waals surface area contributed by atoms with Crippen molar-refractivity contribution >= 4 is 0 Å². The predicted molar refractivity (Wildman–Crippen MR) is 73.2 cm³/mol. The Balaban J connectivity index is 2.47. The van der Waals surface area contributed by atoms with Gasteiger partial charge in [-0.1, -0.05) is 26.7 Å². The van der Waals surface area contributed by atoms with Crippen molar-refractivity contribution in [2.24, 2.45) is 5.92 Å². The molecule has 1 aliphatic rings. The molecule has 0 radical (unpaired) electrons. The molecular weight excluding hydrogens is 212 g/mol. The number of likely N-dealkylation sites (N-methyl/N-ethyl adjacent to an activating group) is 1. The molecule has 1 rings (SSSR count). The number of rotatable bonds is 6. The van der Waals surface area contributed by atoms with Crippen LogP contribution in [0.25, 0.3) is 0 Å². The highest BCUT2D eigenvalue weighted by atomic mass is 16.3. The Hall–Kier alpha value is -0.120. The van der Waals surface area contributed by atoms with Gasteiger partial charge in [0.25, 0.3) is 0 Å². The summed E-state index contributed by atoms with van der Waals surface area (Å²) in [4.78, 5) is 2.38. The number of nitrogens with one attached hydrogen (secondary N) is 1. The highest BCUT2D eigenvalue weighted by Gasteiger charge is 2.36. The zero-order chi connectivity index (χ0) is 12.9. The molecule has 102 valence electrons. The van der Waals surface area contributed by atoms with Crippen molar-refractivity contribution in [1.82, 2.24) is 10.2 Å². The lowest BCUT2D eigenvalue weighted by atomic mass is 9.75. The van der Waals surface area contributed by atoms with Crippen molar-refractivity contribution in [3.63, 3.8) is 0 Å². The minimum absolute atomic E-state index is 0.199. The molecule has 0 saturated heterocycles. The standard InChI is InChI=1S/C14H30N2O/c1-5-13(17)10-15-11-14(16(3)4)8-6-7-12(2)9-14/h12-13,15,17H,5-11H2,1-4H3. The van der Waals surface area contributed by atoms with Crippen LogP contribution >= 0.6 is 0 Å². The van der Waals surface area contributed by atoms with Crippen LogP contribution in [0, 0.1) is 5.92 Å². The number of aliphatic hydroxyl groups excluding tert-OH is 1. The Kier molecular flexibility index (Phi) is 5.90. The van der Waals surface area contributed by atoms with E-state index in [0.29, 0.717) is 5.54 Å². The van der Waals surface area contributed by atoms with E-state index in [0.717, 1.165) is 25.4 Å². The SMILES string of the molecule is CCC(O)CNCC1(N(C)C)CCCC(C)C1. The van der Waals surface area contributed by atoms with Gasteiger partial charge in [-0.3, -0.25) is 0 Å². The molecule has 3 unspecified atom stereocenters. The van der Waals surface area contributed by atoms with Gasteiger partial charge in [0.1, 0.15) is 0 Å². The first kappa shape index (κ1) is 14.9. The molecule has 2 N–H and O–H groups in total. The van der Waals surface area contributed by atoms with Gasteiger partial charge in [-0.15, -0.1) is 0 Å². The fraction of sp³-hybridized carbons (Fsp3) is 1.00. The molecule has 0 aromatic rings. The molecular formula is C14H30N2O. The molecule has 17 heavy (non-hydrogen) atoms. The van der Waals surface area contributed by atoms with Crippen LogP contribution in [0.3, 0.4) is 0 Å².